The third-order valence-corrected chi connectivity index (χ3v) is 5.38. The lowest BCUT2D eigenvalue weighted by Gasteiger charge is -2.32. The zero-order valence-electron chi connectivity index (χ0n) is 20.3. The third kappa shape index (κ3) is 6.35. The molecule has 1 aliphatic heterocycles. The summed E-state index contributed by atoms with van der Waals surface area (Å²) in [6, 6.07) is 1.54. The molecule has 33 heavy (non-hydrogen) atoms. The van der Waals surface area contributed by atoms with E-state index in [1.165, 1.54) is 16.8 Å². The molecule has 1 aromatic rings. The van der Waals surface area contributed by atoms with Crippen LogP contribution in [0.2, 0.25) is 0 Å². The highest BCUT2D eigenvalue weighted by atomic mass is 16.6. The second-order valence-corrected chi connectivity index (χ2v) is 9.46. The van der Waals surface area contributed by atoms with Crippen molar-refractivity contribution >= 4 is 23.7 Å². The normalized spacial score (nSPS) is 17.0. The summed E-state index contributed by atoms with van der Waals surface area (Å²) in [5, 5.41) is 6.44. The van der Waals surface area contributed by atoms with E-state index in [0.29, 0.717) is 12.2 Å². The molecule has 1 aromatic heterocycles. The average molecular weight is 460 g/mol. The number of carbonyl (C=O) groups excluding carboxylic acids is 3. The van der Waals surface area contributed by atoms with E-state index in [-0.39, 0.29) is 18.4 Å². The van der Waals surface area contributed by atoms with Crippen molar-refractivity contribution in [3.05, 3.63) is 34.3 Å². The van der Waals surface area contributed by atoms with Crippen molar-refractivity contribution < 1.29 is 19.1 Å². The zero-order valence-corrected chi connectivity index (χ0v) is 20.3. The van der Waals surface area contributed by atoms with Crippen LogP contribution in [0.15, 0.2) is 23.4 Å². The molecule has 0 aromatic carbocycles. The molecular weight excluding hydrogens is 426 g/mol. The van der Waals surface area contributed by atoms with E-state index in [9.17, 15) is 14.4 Å². The van der Waals surface area contributed by atoms with E-state index in [1.54, 1.807) is 40.0 Å². The number of carbonyl (C=O) groups is 3. The number of nitrogens with zero attached hydrogens (tertiary/aromatic N) is 6. The van der Waals surface area contributed by atoms with Gasteiger partial charge >= 0.3 is 6.09 Å². The number of amides is 3. The molecule has 11 heteroatoms. The number of likely N-dealkylation sites (N-methyl/N-ethyl adjacent to an activating group) is 1. The highest BCUT2D eigenvalue weighted by Crippen LogP contribution is 2.31. The first-order valence-electron chi connectivity index (χ1n) is 10.9. The lowest BCUT2D eigenvalue weighted by atomic mass is 10.0. The molecule has 2 rings (SSSR count). The van der Waals surface area contributed by atoms with E-state index in [4.69, 9.17) is 10.3 Å². The van der Waals surface area contributed by atoms with E-state index in [0.717, 1.165) is 5.56 Å². The van der Waals surface area contributed by atoms with E-state index in [2.05, 4.69) is 20.3 Å². The Bertz CT molecular complexity index is 937. The van der Waals surface area contributed by atoms with Gasteiger partial charge in [0.1, 0.15) is 23.5 Å². The molecule has 11 nitrogen and oxygen atoms in total. The number of hydrogen-bond acceptors (Lipinski definition) is 6. The van der Waals surface area contributed by atoms with Crippen molar-refractivity contribution in [1.82, 2.24) is 15.2 Å². The van der Waals surface area contributed by atoms with Crippen LogP contribution in [0.25, 0.3) is 10.4 Å². The van der Waals surface area contributed by atoms with Crippen LogP contribution in [-0.2, 0) is 20.7 Å². The Morgan fingerprint density at radius 3 is 2.61 bits per heavy atom. The quantitative estimate of drug-likeness (QED) is 0.379. The zero-order chi connectivity index (χ0) is 24.9. The van der Waals surface area contributed by atoms with Crippen LogP contribution < -0.4 is 10.2 Å². The van der Waals surface area contributed by atoms with Crippen LogP contribution in [0.4, 0.5) is 10.6 Å². The van der Waals surface area contributed by atoms with Crippen molar-refractivity contribution in [3.63, 3.8) is 0 Å². The molecule has 0 fully saturated rings. The summed E-state index contributed by atoms with van der Waals surface area (Å²) in [5.74, 6) is -0.573. The standard InChI is InChI=1S/C22H33N7O4/c1-13(2)17(26-19(30)14(3)28(7)21(32)33-22(4,5)6)20(31)29-16(12-25-27-23)11-15-9-8-10-24-18(15)29/h8-10,13-14,16-17H,11-12H2,1-7H3,(H,26,30)/t14-,16-,17-/m0/s1. The first-order chi connectivity index (χ1) is 15.4. The lowest BCUT2D eigenvalue weighted by Crippen LogP contribution is -2.57. The van der Waals surface area contributed by atoms with Gasteiger partial charge in [0, 0.05) is 30.7 Å². The maximum atomic E-state index is 13.6. The van der Waals surface area contributed by atoms with Crippen LogP contribution in [0.5, 0.6) is 0 Å². The fourth-order valence-electron chi connectivity index (χ4n) is 3.49. The Balaban J connectivity index is 2.23. The largest absolute Gasteiger partial charge is 0.444 e. The summed E-state index contributed by atoms with van der Waals surface area (Å²) < 4.78 is 5.33. The summed E-state index contributed by atoms with van der Waals surface area (Å²) in [6.07, 6.45) is 1.46. The second-order valence-electron chi connectivity index (χ2n) is 9.46. The molecule has 0 saturated heterocycles. The van der Waals surface area contributed by atoms with Gasteiger partial charge in [-0.1, -0.05) is 25.0 Å². The van der Waals surface area contributed by atoms with Crippen molar-refractivity contribution in [2.24, 2.45) is 11.0 Å². The van der Waals surface area contributed by atoms with Crippen LogP contribution in [0.3, 0.4) is 0 Å². The van der Waals surface area contributed by atoms with Crippen LogP contribution >= 0.6 is 0 Å². The minimum atomic E-state index is -0.867. The predicted octanol–water partition coefficient (Wildman–Crippen LogP) is 3.05. The maximum Gasteiger partial charge on any atom is 0.410 e. The van der Waals surface area contributed by atoms with Crippen LogP contribution in [-0.4, -0.2) is 65.1 Å². The monoisotopic (exact) mass is 459 g/mol. The molecule has 0 aliphatic carbocycles. The van der Waals surface area contributed by atoms with Gasteiger partial charge < -0.3 is 10.1 Å². The fourth-order valence-corrected chi connectivity index (χ4v) is 3.49. The van der Waals surface area contributed by atoms with Gasteiger partial charge in [0.05, 0.1) is 0 Å². The number of rotatable bonds is 7. The molecule has 1 aliphatic rings. The molecule has 3 atom stereocenters. The Labute approximate surface area is 194 Å². The summed E-state index contributed by atoms with van der Waals surface area (Å²) in [6.45, 7) is 10.5. The predicted molar refractivity (Wildman–Crippen MR) is 123 cm³/mol. The second kappa shape index (κ2) is 10.5. The Hall–Kier alpha value is -3.33. The Morgan fingerprint density at radius 1 is 1.36 bits per heavy atom. The number of pyridine rings is 1. The van der Waals surface area contributed by atoms with Crippen LogP contribution in [0, 0.1) is 5.92 Å². The molecule has 0 unspecified atom stereocenters. The third-order valence-electron chi connectivity index (χ3n) is 5.38. The van der Waals surface area contributed by atoms with Gasteiger partial charge in [-0.2, -0.15) is 0 Å². The topological polar surface area (TPSA) is 141 Å². The molecular formula is C22H33N7O4. The number of anilines is 1. The highest BCUT2D eigenvalue weighted by Gasteiger charge is 2.40. The lowest BCUT2D eigenvalue weighted by molar-refractivity contribution is -0.131. The molecule has 0 spiro atoms. The van der Waals surface area contributed by atoms with Gasteiger partial charge in [-0.25, -0.2) is 9.78 Å². The average Bonchev–Trinajstić information content (AvgIpc) is 3.11. The Kier molecular flexibility index (Phi) is 8.27. The van der Waals surface area contributed by atoms with E-state index in [1.807, 2.05) is 19.9 Å². The van der Waals surface area contributed by atoms with Crippen LogP contribution in [0.1, 0.15) is 47.1 Å². The number of azide groups is 1. The van der Waals surface area contributed by atoms with Gasteiger partial charge in [0.15, 0.2) is 0 Å². The van der Waals surface area contributed by atoms with Crippen molar-refractivity contribution in [1.29, 1.82) is 0 Å². The molecule has 3 amide bonds. The summed E-state index contributed by atoms with van der Waals surface area (Å²) in [4.78, 5) is 48.8. The number of nitrogens with one attached hydrogen (secondary N) is 1. The van der Waals surface area contributed by atoms with Gasteiger partial charge in [-0.3, -0.25) is 19.4 Å². The first kappa shape index (κ1) is 25.9. The van der Waals surface area contributed by atoms with Gasteiger partial charge in [0.25, 0.3) is 5.91 Å². The highest BCUT2D eigenvalue weighted by molar-refractivity contribution is 6.01. The number of aromatic nitrogens is 1. The first-order valence-corrected chi connectivity index (χ1v) is 10.9. The smallest absolute Gasteiger partial charge is 0.410 e. The summed E-state index contributed by atoms with van der Waals surface area (Å²) >= 11 is 0. The number of ether oxygens (including phenoxy) is 1. The molecule has 2 heterocycles. The van der Waals surface area contributed by atoms with Crippen molar-refractivity contribution in [3.8, 4) is 0 Å². The molecule has 0 saturated carbocycles. The van der Waals surface area contributed by atoms with E-state index >= 15 is 0 Å². The number of hydrogen-bond donors (Lipinski definition) is 1. The van der Waals surface area contributed by atoms with Crippen molar-refractivity contribution in [2.75, 3.05) is 18.5 Å². The Morgan fingerprint density at radius 2 is 2.03 bits per heavy atom. The molecule has 1 N–H and O–H groups in total. The summed E-state index contributed by atoms with van der Waals surface area (Å²) in [5.41, 5.74) is 8.92. The van der Waals surface area contributed by atoms with Gasteiger partial charge in [0.2, 0.25) is 5.91 Å². The molecule has 180 valence electrons. The van der Waals surface area contributed by atoms with E-state index < -0.39 is 35.7 Å². The fraction of sp³-hybridized carbons (Fsp3) is 0.636. The maximum absolute atomic E-state index is 13.6. The molecule has 0 bridgehead atoms. The SMILES string of the molecule is CC(C)[C@H](NC(=O)[C@H](C)N(C)C(=O)OC(C)(C)C)C(=O)N1c2ncccc2C[C@H]1CN=[N+]=[N-]. The van der Waals surface area contributed by atoms with Crippen molar-refractivity contribution in [2.45, 2.75) is 71.7 Å². The summed E-state index contributed by atoms with van der Waals surface area (Å²) in [7, 11) is 1.47. The number of fused-ring (bicyclic) bond motifs is 1. The molecule has 0 radical (unpaired) electrons. The van der Waals surface area contributed by atoms with Gasteiger partial charge in [-0.05, 0) is 57.2 Å². The minimum Gasteiger partial charge on any atom is -0.444 e. The van der Waals surface area contributed by atoms with Gasteiger partial charge in [-0.15, -0.1) is 0 Å². The minimum absolute atomic E-state index is 0.0924.